The van der Waals surface area contributed by atoms with Gasteiger partial charge in [0.2, 0.25) is 10.0 Å². The number of sulfonamides is 1. The van der Waals surface area contributed by atoms with E-state index >= 15 is 0 Å². The zero-order chi connectivity index (χ0) is 16.2. The highest BCUT2D eigenvalue weighted by atomic mass is 35.5. The van der Waals surface area contributed by atoms with Crippen LogP contribution in [0, 0.1) is 0 Å². The second-order valence-corrected chi connectivity index (χ2v) is 7.15. The molecular weight excluding hydrogens is 335 g/mol. The van der Waals surface area contributed by atoms with Gasteiger partial charge in [-0.05, 0) is 25.5 Å². The van der Waals surface area contributed by atoms with Crippen LogP contribution < -0.4 is 10.5 Å². The van der Waals surface area contributed by atoms with Crippen molar-refractivity contribution in [1.82, 2.24) is 5.32 Å². The standard InChI is InChI=1S/C13H18Cl2N2O3S/c1-3-4-5-8(2)17-13(18)9-6-10(14)12(15)11(7-9)21(16,19)20/h6-8H,3-5H2,1-2H3,(H,17,18)(H2,16,19,20). The van der Waals surface area contributed by atoms with Crippen LogP contribution in [-0.4, -0.2) is 20.4 Å². The molecule has 118 valence electrons. The molecule has 1 unspecified atom stereocenters. The minimum Gasteiger partial charge on any atom is -0.350 e. The quantitative estimate of drug-likeness (QED) is 0.824. The van der Waals surface area contributed by atoms with Crippen molar-refractivity contribution in [3.05, 3.63) is 27.7 Å². The first-order valence-electron chi connectivity index (χ1n) is 6.49. The molecule has 3 N–H and O–H groups in total. The Labute approximate surface area is 134 Å². The summed E-state index contributed by atoms with van der Waals surface area (Å²) in [6.07, 6.45) is 2.86. The SMILES string of the molecule is CCCCC(C)NC(=O)c1cc(Cl)c(Cl)c(S(N)(=O)=O)c1. The van der Waals surface area contributed by atoms with E-state index in [1.165, 1.54) is 6.07 Å². The number of primary sulfonamides is 1. The molecule has 0 aliphatic carbocycles. The van der Waals surface area contributed by atoms with Crippen LogP contribution in [-0.2, 0) is 10.0 Å². The number of carbonyl (C=O) groups excluding carboxylic acids is 1. The van der Waals surface area contributed by atoms with Crippen molar-refractivity contribution in [3.63, 3.8) is 0 Å². The summed E-state index contributed by atoms with van der Waals surface area (Å²) in [6, 6.07) is 2.43. The number of carbonyl (C=O) groups is 1. The van der Waals surface area contributed by atoms with Gasteiger partial charge in [-0.2, -0.15) is 0 Å². The summed E-state index contributed by atoms with van der Waals surface area (Å²) in [5, 5.41) is 7.62. The summed E-state index contributed by atoms with van der Waals surface area (Å²) in [5.74, 6) is -0.415. The normalized spacial score (nSPS) is 13.0. The van der Waals surface area contributed by atoms with Crippen molar-refractivity contribution >= 4 is 39.1 Å². The van der Waals surface area contributed by atoms with E-state index in [0.717, 1.165) is 25.3 Å². The van der Waals surface area contributed by atoms with E-state index in [1.54, 1.807) is 0 Å². The van der Waals surface area contributed by atoms with Gasteiger partial charge in [-0.25, -0.2) is 13.6 Å². The molecule has 0 saturated heterocycles. The van der Waals surface area contributed by atoms with Crippen molar-refractivity contribution in [2.45, 2.75) is 44.0 Å². The zero-order valence-electron chi connectivity index (χ0n) is 11.8. The van der Waals surface area contributed by atoms with Crippen molar-refractivity contribution in [1.29, 1.82) is 0 Å². The first kappa shape index (κ1) is 18.2. The molecule has 1 aromatic carbocycles. The van der Waals surface area contributed by atoms with Crippen LogP contribution in [0.2, 0.25) is 10.0 Å². The molecule has 0 saturated carbocycles. The summed E-state index contributed by atoms with van der Waals surface area (Å²) in [6.45, 7) is 3.94. The predicted octanol–water partition coefficient (Wildman–Crippen LogP) is 2.95. The van der Waals surface area contributed by atoms with E-state index in [1.807, 2.05) is 6.92 Å². The smallest absolute Gasteiger partial charge is 0.251 e. The number of amides is 1. The molecule has 0 aliphatic rings. The summed E-state index contributed by atoms with van der Waals surface area (Å²) >= 11 is 11.7. The Morgan fingerprint density at radius 1 is 1.38 bits per heavy atom. The van der Waals surface area contributed by atoms with Crippen LogP contribution >= 0.6 is 23.2 Å². The third kappa shape index (κ3) is 5.14. The van der Waals surface area contributed by atoms with E-state index in [2.05, 4.69) is 12.2 Å². The number of unbranched alkanes of at least 4 members (excludes halogenated alkanes) is 1. The second-order valence-electron chi connectivity index (χ2n) is 4.83. The molecule has 0 radical (unpaired) electrons. The first-order chi connectivity index (χ1) is 9.66. The van der Waals surface area contributed by atoms with Gasteiger partial charge >= 0.3 is 0 Å². The minimum atomic E-state index is -4.05. The highest BCUT2D eigenvalue weighted by Gasteiger charge is 2.20. The van der Waals surface area contributed by atoms with Crippen LogP contribution in [0.25, 0.3) is 0 Å². The Bertz CT molecular complexity index is 633. The van der Waals surface area contributed by atoms with Crippen LogP contribution in [0.1, 0.15) is 43.5 Å². The molecule has 1 atom stereocenters. The average molecular weight is 353 g/mol. The van der Waals surface area contributed by atoms with Gasteiger partial charge < -0.3 is 5.32 Å². The summed E-state index contributed by atoms with van der Waals surface area (Å²) in [5.41, 5.74) is 0.108. The van der Waals surface area contributed by atoms with Gasteiger partial charge in [0.25, 0.3) is 5.91 Å². The summed E-state index contributed by atoms with van der Waals surface area (Å²) in [7, 11) is -4.05. The van der Waals surface area contributed by atoms with Crippen LogP contribution in [0.5, 0.6) is 0 Å². The van der Waals surface area contributed by atoms with Gasteiger partial charge in [-0.1, -0.05) is 43.0 Å². The maximum Gasteiger partial charge on any atom is 0.251 e. The Kier molecular flexibility index (Phi) is 6.46. The summed E-state index contributed by atoms with van der Waals surface area (Å²) < 4.78 is 22.9. The summed E-state index contributed by atoms with van der Waals surface area (Å²) in [4.78, 5) is 11.8. The Balaban J connectivity index is 3.04. The van der Waals surface area contributed by atoms with Gasteiger partial charge in [0, 0.05) is 11.6 Å². The molecule has 5 nitrogen and oxygen atoms in total. The van der Waals surface area contributed by atoms with E-state index in [9.17, 15) is 13.2 Å². The maximum absolute atomic E-state index is 12.1. The average Bonchev–Trinajstić information content (AvgIpc) is 2.37. The minimum absolute atomic E-state index is 0.0233. The zero-order valence-corrected chi connectivity index (χ0v) is 14.1. The van der Waals surface area contributed by atoms with Gasteiger partial charge in [0.15, 0.2) is 0 Å². The van der Waals surface area contributed by atoms with Crippen molar-refractivity contribution < 1.29 is 13.2 Å². The molecule has 8 heteroatoms. The Hall–Kier alpha value is -0.820. The van der Waals surface area contributed by atoms with Crippen molar-refractivity contribution in [2.24, 2.45) is 5.14 Å². The predicted molar refractivity (Wildman–Crippen MR) is 84.3 cm³/mol. The molecule has 0 aliphatic heterocycles. The van der Waals surface area contributed by atoms with E-state index in [-0.39, 0.29) is 26.5 Å². The lowest BCUT2D eigenvalue weighted by Gasteiger charge is -2.14. The number of nitrogens with one attached hydrogen (secondary N) is 1. The molecule has 0 heterocycles. The molecule has 0 aromatic heterocycles. The Morgan fingerprint density at radius 3 is 2.52 bits per heavy atom. The van der Waals surface area contributed by atoms with Gasteiger partial charge in [-0.3, -0.25) is 4.79 Å². The molecule has 1 rings (SSSR count). The molecule has 1 aromatic rings. The monoisotopic (exact) mass is 352 g/mol. The molecule has 0 spiro atoms. The molecule has 21 heavy (non-hydrogen) atoms. The van der Waals surface area contributed by atoms with Crippen molar-refractivity contribution in [3.8, 4) is 0 Å². The highest BCUT2D eigenvalue weighted by molar-refractivity contribution is 7.89. The van der Waals surface area contributed by atoms with Crippen LogP contribution in [0.3, 0.4) is 0 Å². The fraction of sp³-hybridized carbons (Fsp3) is 0.462. The van der Waals surface area contributed by atoms with Gasteiger partial charge in [0.05, 0.1) is 10.0 Å². The largest absolute Gasteiger partial charge is 0.350 e. The molecule has 0 fully saturated rings. The van der Waals surface area contributed by atoms with E-state index < -0.39 is 15.9 Å². The molecular formula is C13H18Cl2N2O3S. The second kappa shape index (κ2) is 7.45. The third-order valence-electron chi connectivity index (χ3n) is 2.93. The van der Waals surface area contributed by atoms with Gasteiger partial charge in [-0.15, -0.1) is 0 Å². The fourth-order valence-electron chi connectivity index (χ4n) is 1.79. The number of rotatable bonds is 6. The van der Waals surface area contributed by atoms with Gasteiger partial charge in [0.1, 0.15) is 4.90 Å². The lowest BCUT2D eigenvalue weighted by molar-refractivity contribution is 0.0938. The molecule has 0 bridgehead atoms. The van der Waals surface area contributed by atoms with Crippen molar-refractivity contribution in [2.75, 3.05) is 0 Å². The number of halogens is 2. The molecule has 1 amide bonds. The number of benzene rings is 1. The topological polar surface area (TPSA) is 89.3 Å². The number of hydrogen-bond donors (Lipinski definition) is 2. The third-order valence-corrected chi connectivity index (χ3v) is 4.78. The van der Waals surface area contributed by atoms with E-state index in [4.69, 9.17) is 28.3 Å². The van der Waals surface area contributed by atoms with Crippen LogP contribution in [0.15, 0.2) is 17.0 Å². The van der Waals surface area contributed by atoms with Crippen LogP contribution in [0.4, 0.5) is 0 Å². The Morgan fingerprint density at radius 2 is 2.00 bits per heavy atom. The maximum atomic E-state index is 12.1. The first-order valence-corrected chi connectivity index (χ1v) is 8.79. The number of nitrogens with two attached hydrogens (primary N) is 1. The van der Waals surface area contributed by atoms with E-state index in [0.29, 0.717) is 0 Å². The lowest BCUT2D eigenvalue weighted by Crippen LogP contribution is -2.32. The lowest BCUT2D eigenvalue weighted by atomic mass is 10.1. The highest BCUT2D eigenvalue weighted by Crippen LogP contribution is 2.30. The fourth-order valence-corrected chi connectivity index (χ4v) is 3.15. The number of hydrogen-bond acceptors (Lipinski definition) is 3.